The molecule has 0 aromatic carbocycles. The molecule has 6 heteroatoms. The molecule has 1 heterocycles. The quantitative estimate of drug-likeness (QED) is 0.810. The Balaban J connectivity index is 1.88. The number of nitrogens with zero attached hydrogens (tertiary/aromatic N) is 3. The molecule has 1 aromatic rings. The predicted octanol–water partition coefficient (Wildman–Crippen LogP) is 1.06. The van der Waals surface area contributed by atoms with E-state index in [4.69, 9.17) is 5.11 Å². The van der Waals surface area contributed by atoms with Crippen molar-refractivity contribution in [3.05, 3.63) is 18.0 Å². The van der Waals surface area contributed by atoms with E-state index in [-0.39, 0.29) is 11.9 Å². The summed E-state index contributed by atoms with van der Waals surface area (Å²) in [5.74, 6) is -1.32. The van der Waals surface area contributed by atoms with Crippen molar-refractivity contribution in [3.63, 3.8) is 0 Å². The molecule has 1 unspecified atom stereocenters. The maximum absolute atomic E-state index is 12.3. The summed E-state index contributed by atoms with van der Waals surface area (Å²) >= 11 is 0. The van der Waals surface area contributed by atoms with Gasteiger partial charge in [-0.25, -0.2) is 0 Å². The number of carboxylic acid groups (broad SMARTS) is 1. The van der Waals surface area contributed by atoms with Crippen LogP contribution in [0.2, 0.25) is 0 Å². The van der Waals surface area contributed by atoms with Crippen LogP contribution in [0, 0.1) is 5.92 Å². The van der Waals surface area contributed by atoms with Crippen molar-refractivity contribution < 1.29 is 14.7 Å². The van der Waals surface area contributed by atoms with E-state index in [0.717, 1.165) is 18.4 Å². The lowest BCUT2D eigenvalue weighted by Gasteiger charge is -2.24. The smallest absolute Gasteiger partial charge is 0.308 e. The Morgan fingerprint density at radius 1 is 1.55 bits per heavy atom. The first-order chi connectivity index (χ1) is 9.47. The molecule has 1 fully saturated rings. The van der Waals surface area contributed by atoms with Gasteiger partial charge in [0.05, 0.1) is 12.1 Å². The average molecular weight is 279 g/mol. The number of amides is 1. The Hall–Kier alpha value is -1.85. The largest absolute Gasteiger partial charge is 0.481 e. The lowest BCUT2D eigenvalue weighted by molar-refractivity contribution is -0.143. The van der Waals surface area contributed by atoms with Crippen LogP contribution in [0.5, 0.6) is 0 Å². The number of hydrogen-bond acceptors (Lipinski definition) is 3. The summed E-state index contributed by atoms with van der Waals surface area (Å²) in [5.41, 5.74) is 1.03. The highest BCUT2D eigenvalue weighted by Crippen LogP contribution is 2.28. The van der Waals surface area contributed by atoms with Gasteiger partial charge in [-0.1, -0.05) is 6.92 Å². The van der Waals surface area contributed by atoms with Crippen molar-refractivity contribution >= 4 is 11.9 Å². The monoisotopic (exact) mass is 279 g/mol. The van der Waals surface area contributed by atoms with Crippen molar-refractivity contribution in [1.82, 2.24) is 14.7 Å². The standard InChI is InChI=1S/C14H21N3O3/c1-10(14(19)20)8-17(12-4-5-12)13(18)6-3-11-7-15-16(2)9-11/h7,9-10,12H,3-6,8H2,1-2H3,(H,19,20). The van der Waals surface area contributed by atoms with Crippen LogP contribution in [0.25, 0.3) is 0 Å². The molecule has 1 amide bonds. The molecule has 1 aliphatic rings. The summed E-state index contributed by atoms with van der Waals surface area (Å²) < 4.78 is 1.71. The van der Waals surface area contributed by atoms with Gasteiger partial charge in [0.1, 0.15) is 0 Å². The highest BCUT2D eigenvalue weighted by atomic mass is 16.4. The summed E-state index contributed by atoms with van der Waals surface area (Å²) in [7, 11) is 1.84. The Morgan fingerprint density at radius 3 is 2.75 bits per heavy atom. The first kappa shape index (κ1) is 14.6. The zero-order valence-electron chi connectivity index (χ0n) is 12.0. The minimum atomic E-state index is -0.851. The maximum atomic E-state index is 12.3. The van der Waals surface area contributed by atoms with Crippen molar-refractivity contribution in [1.29, 1.82) is 0 Å². The van der Waals surface area contributed by atoms with E-state index in [2.05, 4.69) is 5.10 Å². The molecule has 110 valence electrons. The van der Waals surface area contributed by atoms with Crippen LogP contribution in [0.15, 0.2) is 12.4 Å². The molecule has 6 nitrogen and oxygen atoms in total. The number of aliphatic carboxylic acids is 1. The molecular weight excluding hydrogens is 258 g/mol. The van der Waals surface area contributed by atoms with E-state index >= 15 is 0 Å². The van der Waals surface area contributed by atoms with Crippen molar-refractivity contribution in [2.24, 2.45) is 13.0 Å². The Labute approximate surface area is 118 Å². The fraction of sp³-hybridized carbons (Fsp3) is 0.643. The van der Waals surface area contributed by atoms with E-state index in [1.807, 2.05) is 13.2 Å². The van der Waals surface area contributed by atoms with Gasteiger partial charge in [0.15, 0.2) is 0 Å². The molecule has 0 spiro atoms. The summed E-state index contributed by atoms with van der Waals surface area (Å²) in [5, 5.41) is 13.0. The van der Waals surface area contributed by atoms with Crippen LogP contribution in [-0.4, -0.2) is 44.3 Å². The van der Waals surface area contributed by atoms with Gasteiger partial charge in [-0.05, 0) is 24.8 Å². The molecule has 0 bridgehead atoms. The third-order valence-electron chi connectivity index (χ3n) is 3.59. The predicted molar refractivity (Wildman–Crippen MR) is 73.1 cm³/mol. The summed E-state index contributed by atoms with van der Waals surface area (Å²) in [6.45, 7) is 1.96. The Kier molecular flexibility index (Phi) is 4.42. The third kappa shape index (κ3) is 3.82. The number of aromatic nitrogens is 2. The van der Waals surface area contributed by atoms with Crippen LogP contribution < -0.4 is 0 Å². The molecule has 20 heavy (non-hydrogen) atoms. The van der Waals surface area contributed by atoms with Gasteiger partial charge in [-0.2, -0.15) is 5.10 Å². The Morgan fingerprint density at radius 2 is 2.25 bits per heavy atom. The minimum absolute atomic E-state index is 0.0458. The van der Waals surface area contributed by atoms with Crippen LogP contribution in [-0.2, 0) is 23.1 Å². The fourth-order valence-electron chi connectivity index (χ4n) is 2.21. The van der Waals surface area contributed by atoms with Crippen LogP contribution in [0.3, 0.4) is 0 Å². The molecule has 1 aromatic heterocycles. The molecular formula is C14H21N3O3. The van der Waals surface area contributed by atoms with Gasteiger partial charge in [0.25, 0.3) is 0 Å². The van der Waals surface area contributed by atoms with Gasteiger partial charge in [-0.3, -0.25) is 14.3 Å². The summed E-state index contributed by atoms with van der Waals surface area (Å²) in [4.78, 5) is 24.9. The van der Waals surface area contributed by atoms with E-state index in [1.165, 1.54) is 0 Å². The van der Waals surface area contributed by atoms with Crippen LogP contribution in [0.1, 0.15) is 31.7 Å². The number of hydrogen-bond donors (Lipinski definition) is 1. The van der Waals surface area contributed by atoms with Crippen molar-refractivity contribution in [2.75, 3.05) is 6.54 Å². The van der Waals surface area contributed by atoms with Crippen molar-refractivity contribution in [3.8, 4) is 0 Å². The molecule has 1 saturated carbocycles. The van der Waals surface area contributed by atoms with Gasteiger partial charge in [0, 0.05) is 32.3 Å². The molecule has 0 saturated heterocycles. The molecule has 1 atom stereocenters. The fourth-order valence-corrected chi connectivity index (χ4v) is 2.21. The van der Waals surface area contributed by atoms with Crippen molar-refractivity contribution in [2.45, 2.75) is 38.6 Å². The number of rotatable bonds is 7. The van der Waals surface area contributed by atoms with E-state index in [0.29, 0.717) is 19.4 Å². The van der Waals surface area contributed by atoms with Crippen LogP contribution >= 0.6 is 0 Å². The second kappa shape index (κ2) is 6.07. The van der Waals surface area contributed by atoms with Crippen LogP contribution in [0.4, 0.5) is 0 Å². The van der Waals surface area contributed by atoms with E-state index < -0.39 is 11.9 Å². The van der Waals surface area contributed by atoms with E-state index in [9.17, 15) is 9.59 Å². The zero-order valence-corrected chi connectivity index (χ0v) is 12.0. The maximum Gasteiger partial charge on any atom is 0.308 e. The lowest BCUT2D eigenvalue weighted by Crippen LogP contribution is -2.38. The van der Waals surface area contributed by atoms with Gasteiger partial charge < -0.3 is 10.0 Å². The van der Waals surface area contributed by atoms with Gasteiger partial charge in [-0.15, -0.1) is 0 Å². The molecule has 1 aliphatic carbocycles. The van der Waals surface area contributed by atoms with Gasteiger partial charge in [0.2, 0.25) is 5.91 Å². The molecule has 2 rings (SSSR count). The highest BCUT2D eigenvalue weighted by Gasteiger charge is 2.34. The minimum Gasteiger partial charge on any atom is -0.481 e. The third-order valence-corrected chi connectivity index (χ3v) is 3.59. The Bertz CT molecular complexity index is 494. The molecule has 1 N–H and O–H groups in total. The number of carbonyl (C=O) groups excluding carboxylic acids is 1. The van der Waals surface area contributed by atoms with Gasteiger partial charge >= 0.3 is 5.97 Å². The first-order valence-corrected chi connectivity index (χ1v) is 6.97. The topological polar surface area (TPSA) is 75.4 Å². The number of aryl methyl sites for hydroxylation is 2. The second-order valence-corrected chi connectivity index (χ2v) is 5.54. The summed E-state index contributed by atoms with van der Waals surface area (Å²) in [6.07, 6.45) is 6.70. The number of carboxylic acids is 1. The highest BCUT2D eigenvalue weighted by molar-refractivity contribution is 5.78. The lowest BCUT2D eigenvalue weighted by atomic mass is 10.1. The molecule has 0 aliphatic heterocycles. The first-order valence-electron chi connectivity index (χ1n) is 6.97. The zero-order chi connectivity index (χ0) is 14.7. The SMILES string of the molecule is CC(CN(C(=O)CCc1cnn(C)c1)C1CC1)C(=O)O. The van der Waals surface area contributed by atoms with E-state index in [1.54, 1.807) is 22.7 Å². The second-order valence-electron chi connectivity index (χ2n) is 5.54. The normalized spacial score (nSPS) is 15.9. The number of carbonyl (C=O) groups is 2. The molecule has 0 radical (unpaired) electrons. The summed E-state index contributed by atoms with van der Waals surface area (Å²) in [6, 6.07) is 0.248. The average Bonchev–Trinajstić information content (AvgIpc) is 3.15.